The van der Waals surface area contributed by atoms with E-state index in [2.05, 4.69) is 18.2 Å². The van der Waals surface area contributed by atoms with Crippen molar-refractivity contribution < 1.29 is 4.79 Å². The minimum atomic E-state index is 0.110. The second-order valence-corrected chi connectivity index (χ2v) is 5.50. The number of rotatable bonds is 1. The van der Waals surface area contributed by atoms with Crippen molar-refractivity contribution in [2.45, 2.75) is 23.7 Å². The van der Waals surface area contributed by atoms with Gasteiger partial charge in [0.2, 0.25) is 5.91 Å². The van der Waals surface area contributed by atoms with Crippen LogP contribution in [0.3, 0.4) is 0 Å². The molecule has 3 heteroatoms. The second-order valence-electron chi connectivity index (χ2n) is 4.43. The maximum Gasteiger partial charge on any atom is 0.231 e. The molecule has 0 bridgehead atoms. The summed E-state index contributed by atoms with van der Waals surface area (Å²) in [4.78, 5) is 15.6. The van der Waals surface area contributed by atoms with Gasteiger partial charge in [-0.25, -0.2) is 0 Å². The van der Waals surface area contributed by atoms with E-state index in [4.69, 9.17) is 0 Å². The van der Waals surface area contributed by atoms with Gasteiger partial charge < -0.3 is 4.90 Å². The van der Waals surface area contributed by atoms with Gasteiger partial charge in [0, 0.05) is 23.7 Å². The van der Waals surface area contributed by atoms with Crippen LogP contribution in [0.4, 0.5) is 0 Å². The van der Waals surface area contributed by atoms with Crippen molar-refractivity contribution in [2.75, 3.05) is 18.8 Å². The second kappa shape index (κ2) is 4.13. The summed E-state index contributed by atoms with van der Waals surface area (Å²) in [7, 11) is 0. The molecular formula is C13H15NOS. The van der Waals surface area contributed by atoms with E-state index in [1.807, 2.05) is 22.7 Å². The largest absolute Gasteiger partial charge is 0.342 e. The zero-order chi connectivity index (χ0) is 11.0. The third kappa shape index (κ3) is 1.63. The van der Waals surface area contributed by atoms with Crippen LogP contribution in [0.15, 0.2) is 29.2 Å². The van der Waals surface area contributed by atoms with E-state index in [0.717, 1.165) is 18.8 Å². The molecule has 1 fully saturated rings. The monoisotopic (exact) mass is 233 g/mol. The Morgan fingerprint density at radius 3 is 2.81 bits per heavy atom. The van der Waals surface area contributed by atoms with E-state index < -0.39 is 0 Å². The van der Waals surface area contributed by atoms with Gasteiger partial charge in [0.1, 0.15) is 0 Å². The van der Waals surface area contributed by atoms with E-state index in [1.165, 1.54) is 23.3 Å². The van der Waals surface area contributed by atoms with Crippen molar-refractivity contribution in [2.24, 2.45) is 0 Å². The van der Waals surface area contributed by atoms with Gasteiger partial charge in [-0.05, 0) is 24.5 Å². The lowest BCUT2D eigenvalue weighted by atomic mass is 10.00. The van der Waals surface area contributed by atoms with Crippen LogP contribution in [-0.4, -0.2) is 29.6 Å². The van der Waals surface area contributed by atoms with Crippen LogP contribution in [0.1, 0.15) is 24.3 Å². The van der Waals surface area contributed by atoms with Crippen molar-refractivity contribution in [1.29, 1.82) is 0 Å². The Balaban J connectivity index is 1.84. The van der Waals surface area contributed by atoms with Crippen LogP contribution < -0.4 is 0 Å². The number of hydrogen-bond donors (Lipinski definition) is 0. The summed E-state index contributed by atoms with van der Waals surface area (Å²) in [6.07, 6.45) is 2.35. The summed E-state index contributed by atoms with van der Waals surface area (Å²) in [5, 5.41) is 0. The summed E-state index contributed by atoms with van der Waals surface area (Å²) >= 11 is 1.82. The molecule has 2 heterocycles. The SMILES string of the molecule is O=C(C1CSc2ccccc21)N1CCCC1. The highest BCUT2D eigenvalue weighted by Crippen LogP contribution is 2.40. The number of thioether (sulfide) groups is 1. The van der Waals surface area contributed by atoms with Gasteiger partial charge in [-0.15, -0.1) is 11.8 Å². The Kier molecular flexibility index (Phi) is 2.64. The number of amides is 1. The van der Waals surface area contributed by atoms with Crippen LogP contribution in [0, 0.1) is 0 Å². The number of carbonyl (C=O) groups excluding carboxylic acids is 1. The van der Waals surface area contributed by atoms with E-state index >= 15 is 0 Å². The van der Waals surface area contributed by atoms with Crippen LogP contribution >= 0.6 is 11.8 Å². The van der Waals surface area contributed by atoms with Gasteiger partial charge in [0.05, 0.1) is 5.92 Å². The minimum absolute atomic E-state index is 0.110. The number of benzene rings is 1. The Morgan fingerprint density at radius 2 is 2.00 bits per heavy atom. The molecule has 2 aliphatic heterocycles. The third-order valence-electron chi connectivity index (χ3n) is 3.42. The molecule has 2 nitrogen and oxygen atoms in total. The fourth-order valence-electron chi connectivity index (χ4n) is 2.52. The van der Waals surface area contributed by atoms with E-state index in [-0.39, 0.29) is 5.92 Å². The molecule has 0 aromatic heterocycles. The molecule has 16 heavy (non-hydrogen) atoms. The summed E-state index contributed by atoms with van der Waals surface area (Å²) in [6.45, 7) is 1.92. The number of carbonyl (C=O) groups is 1. The highest BCUT2D eigenvalue weighted by atomic mass is 32.2. The zero-order valence-electron chi connectivity index (χ0n) is 9.19. The molecule has 2 aliphatic rings. The lowest BCUT2D eigenvalue weighted by Gasteiger charge is -2.19. The average Bonchev–Trinajstić information content (AvgIpc) is 2.98. The van der Waals surface area contributed by atoms with E-state index in [1.54, 1.807) is 0 Å². The van der Waals surface area contributed by atoms with Gasteiger partial charge in [-0.1, -0.05) is 18.2 Å². The van der Waals surface area contributed by atoms with Gasteiger partial charge in [0.15, 0.2) is 0 Å². The molecule has 0 aliphatic carbocycles. The first kappa shape index (κ1) is 10.2. The van der Waals surface area contributed by atoms with E-state index in [0.29, 0.717) is 5.91 Å². The predicted octanol–water partition coefficient (Wildman–Crippen LogP) is 2.50. The summed E-state index contributed by atoms with van der Waals surface area (Å²) in [5.41, 5.74) is 1.24. The number of likely N-dealkylation sites (tertiary alicyclic amines) is 1. The maximum atomic E-state index is 12.3. The molecule has 1 aromatic rings. The molecular weight excluding hydrogens is 218 g/mol. The highest BCUT2D eigenvalue weighted by molar-refractivity contribution is 7.99. The number of nitrogens with zero attached hydrogens (tertiary/aromatic N) is 1. The Labute approximate surface area is 100 Å². The first-order valence-electron chi connectivity index (χ1n) is 5.87. The highest BCUT2D eigenvalue weighted by Gasteiger charge is 2.32. The lowest BCUT2D eigenvalue weighted by Crippen LogP contribution is -2.32. The Hall–Kier alpha value is -0.960. The predicted molar refractivity (Wildman–Crippen MR) is 65.7 cm³/mol. The van der Waals surface area contributed by atoms with Crippen molar-refractivity contribution in [3.63, 3.8) is 0 Å². The Morgan fingerprint density at radius 1 is 1.25 bits per heavy atom. The molecule has 1 atom stereocenters. The van der Waals surface area contributed by atoms with Gasteiger partial charge in [-0.2, -0.15) is 0 Å². The minimum Gasteiger partial charge on any atom is -0.342 e. The molecule has 84 valence electrons. The van der Waals surface area contributed by atoms with Crippen LogP contribution in [0.25, 0.3) is 0 Å². The molecule has 1 amide bonds. The topological polar surface area (TPSA) is 20.3 Å². The summed E-state index contributed by atoms with van der Waals surface area (Å²) < 4.78 is 0. The maximum absolute atomic E-state index is 12.3. The molecule has 3 rings (SSSR count). The molecule has 0 radical (unpaired) electrons. The molecule has 0 saturated carbocycles. The van der Waals surface area contributed by atoms with Crippen LogP contribution in [-0.2, 0) is 4.79 Å². The molecule has 0 spiro atoms. The Bertz CT molecular complexity index is 412. The molecule has 1 unspecified atom stereocenters. The standard InChI is InChI=1S/C13H15NOS/c15-13(14-7-3-4-8-14)11-9-16-12-6-2-1-5-10(11)12/h1-2,5-6,11H,3-4,7-9H2. The van der Waals surface area contributed by atoms with Crippen molar-refractivity contribution in [3.05, 3.63) is 29.8 Å². The first-order valence-corrected chi connectivity index (χ1v) is 6.85. The lowest BCUT2D eigenvalue weighted by molar-refractivity contribution is -0.131. The van der Waals surface area contributed by atoms with Gasteiger partial charge in [-0.3, -0.25) is 4.79 Å². The molecule has 0 N–H and O–H groups in total. The fraction of sp³-hybridized carbons (Fsp3) is 0.462. The van der Waals surface area contributed by atoms with Crippen molar-refractivity contribution in [1.82, 2.24) is 4.90 Å². The van der Waals surface area contributed by atoms with Gasteiger partial charge >= 0.3 is 0 Å². The van der Waals surface area contributed by atoms with Crippen LogP contribution in [0.2, 0.25) is 0 Å². The zero-order valence-corrected chi connectivity index (χ0v) is 10.0. The first-order chi connectivity index (χ1) is 7.86. The molecule has 1 aromatic carbocycles. The average molecular weight is 233 g/mol. The normalized spacial score (nSPS) is 23.5. The smallest absolute Gasteiger partial charge is 0.231 e. The number of hydrogen-bond acceptors (Lipinski definition) is 2. The van der Waals surface area contributed by atoms with Crippen LogP contribution in [0.5, 0.6) is 0 Å². The van der Waals surface area contributed by atoms with Gasteiger partial charge in [0.25, 0.3) is 0 Å². The number of fused-ring (bicyclic) bond motifs is 1. The van der Waals surface area contributed by atoms with E-state index in [9.17, 15) is 4.79 Å². The fourth-order valence-corrected chi connectivity index (χ4v) is 3.75. The quantitative estimate of drug-likeness (QED) is 0.743. The summed E-state index contributed by atoms with van der Waals surface area (Å²) in [5.74, 6) is 1.38. The molecule has 1 saturated heterocycles. The summed E-state index contributed by atoms with van der Waals surface area (Å²) in [6, 6.07) is 8.31. The van der Waals surface area contributed by atoms with Crippen molar-refractivity contribution in [3.8, 4) is 0 Å². The van der Waals surface area contributed by atoms with Crippen molar-refractivity contribution >= 4 is 17.7 Å². The third-order valence-corrected chi connectivity index (χ3v) is 4.60.